The van der Waals surface area contributed by atoms with Crippen LogP contribution in [0.4, 0.5) is 4.39 Å². The van der Waals surface area contributed by atoms with Gasteiger partial charge in [0.25, 0.3) is 0 Å². The van der Waals surface area contributed by atoms with Crippen molar-refractivity contribution in [1.82, 2.24) is 4.90 Å². The standard InChI is InChI=1S/C22H26FNO6S2/c1-14-8-17(23)4-5-21(14)32(27,28)22-13-31(25,26)12-18(22)24-7-6-15-9-19(29-2)20(30-3)10-16(15)11-24/h4-5,8-10,18,22H,6-7,11-13H2,1-3H3/t18-,22-/m0/s1. The zero-order valence-electron chi connectivity index (χ0n) is 18.2. The van der Waals surface area contributed by atoms with Gasteiger partial charge in [0.05, 0.1) is 35.9 Å². The van der Waals surface area contributed by atoms with E-state index in [1.807, 2.05) is 17.0 Å². The van der Waals surface area contributed by atoms with E-state index in [-0.39, 0.29) is 16.2 Å². The Balaban J connectivity index is 1.69. The van der Waals surface area contributed by atoms with E-state index in [4.69, 9.17) is 9.47 Å². The van der Waals surface area contributed by atoms with Gasteiger partial charge < -0.3 is 9.47 Å². The molecule has 4 rings (SSSR count). The predicted molar refractivity (Wildman–Crippen MR) is 118 cm³/mol. The third-order valence-corrected chi connectivity index (χ3v) is 10.6. The van der Waals surface area contributed by atoms with E-state index in [1.54, 1.807) is 14.2 Å². The van der Waals surface area contributed by atoms with Crippen LogP contribution in [0.15, 0.2) is 35.2 Å². The largest absolute Gasteiger partial charge is 0.493 e. The van der Waals surface area contributed by atoms with E-state index in [1.165, 1.54) is 13.0 Å². The van der Waals surface area contributed by atoms with Gasteiger partial charge in [0.1, 0.15) is 5.82 Å². The van der Waals surface area contributed by atoms with Crippen LogP contribution in [-0.4, -0.2) is 65.3 Å². The average molecular weight is 484 g/mol. The van der Waals surface area contributed by atoms with Gasteiger partial charge in [-0.3, -0.25) is 4.90 Å². The Labute approximate surface area is 188 Å². The maximum absolute atomic E-state index is 13.5. The van der Waals surface area contributed by atoms with Crippen LogP contribution in [0.1, 0.15) is 16.7 Å². The molecule has 10 heteroatoms. The smallest absolute Gasteiger partial charge is 0.184 e. The highest BCUT2D eigenvalue weighted by molar-refractivity contribution is 7.96. The molecule has 32 heavy (non-hydrogen) atoms. The summed E-state index contributed by atoms with van der Waals surface area (Å²) in [6.07, 6.45) is 0.634. The molecule has 0 N–H and O–H groups in total. The van der Waals surface area contributed by atoms with Crippen LogP contribution < -0.4 is 9.47 Å². The predicted octanol–water partition coefficient (Wildman–Crippen LogP) is 2.15. The van der Waals surface area contributed by atoms with E-state index < -0.39 is 42.5 Å². The molecule has 0 aromatic heterocycles. The summed E-state index contributed by atoms with van der Waals surface area (Å²) >= 11 is 0. The molecular weight excluding hydrogens is 457 g/mol. The lowest BCUT2D eigenvalue weighted by molar-refractivity contribution is 0.195. The molecule has 0 radical (unpaired) electrons. The number of hydrogen-bond acceptors (Lipinski definition) is 7. The van der Waals surface area contributed by atoms with Gasteiger partial charge in [0, 0.05) is 19.1 Å². The van der Waals surface area contributed by atoms with Crippen LogP contribution in [0.5, 0.6) is 11.5 Å². The Morgan fingerprint density at radius 2 is 1.69 bits per heavy atom. The Morgan fingerprint density at radius 1 is 1.03 bits per heavy atom. The SMILES string of the molecule is COc1cc2c(cc1OC)CN([C@H]1CS(=O)(=O)C[C@@H]1S(=O)(=O)c1ccc(F)cc1C)CC2. The molecule has 2 aliphatic rings. The van der Waals surface area contributed by atoms with Gasteiger partial charge in [-0.2, -0.15) is 0 Å². The number of benzene rings is 2. The molecule has 0 bridgehead atoms. The summed E-state index contributed by atoms with van der Waals surface area (Å²) in [6, 6.07) is 6.56. The second kappa shape index (κ2) is 8.31. The van der Waals surface area contributed by atoms with Crippen molar-refractivity contribution >= 4 is 19.7 Å². The number of hydrogen-bond donors (Lipinski definition) is 0. The van der Waals surface area contributed by atoms with Crippen molar-refractivity contribution in [2.45, 2.75) is 36.1 Å². The number of halogens is 1. The summed E-state index contributed by atoms with van der Waals surface area (Å²) in [7, 11) is -4.43. The van der Waals surface area contributed by atoms with Crippen LogP contribution in [-0.2, 0) is 32.6 Å². The molecule has 0 aliphatic carbocycles. The summed E-state index contributed by atoms with van der Waals surface area (Å²) < 4.78 is 76.4. The second-order valence-electron chi connectivity index (χ2n) is 8.33. The minimum atomic E-state index is -3.99. The molecule has 2 aliphatic heterocycles. The van der Waals surface area contributed by atoms with Crippen molar-refractivity contribution in [3.63, 3.8) is 0 Å². The molecule has 1 saturated heterocycles. The van der Waals surface area contributed by atoms with Gasteiger partial charge in [-0.1, -0.05) is 0 Å². The topological polar surface area (TPSA) is 90.0 Å². The van der Waals surface area contributed by atoms with Crippen LogP contribution >= 0.6 is 0 Å². The molecule has 0 unspecified atom stereocenters. The molecule has 174 valence electrons. The van der Waals surface area contributed by atoms with E-state index in [9.17, 15) is 21.2 Å². The molecule has 2 heterocycles. The highest BCUT2D eigenvalue weighted by Crippen LogP contribution is 2.36. The van der Waals surface area contributed by atoms with E-state index >= 15 is 0 Å². The van der Waals surface area contributed by atoms with Crippen LogP contribution in [0.3, 0.4) is 0 Å². The van der Waals surface area contributed by atoms with Gasteiger partial charge >= 0.3 is 0 Å². The highest BCUT2D eigenvalue weighted by Gasteiger charge is 2.49. The normalized spacial score (nSPS) is 23.0. The first-order valence-electron chi connectivity index (χ1n) is 10.2. The Hall–Kier alpha value is -2.17. The van der Waals surface area contributed by atoms with Gasteiger partial charge in [0.15, 0.2) is 31.2 Å². The number of sulfone groups is 2. The van der Waals surface area contributed by atoms with E-state index in [2.05, 4.69) is 0 Å². The molecule has 7 nitrogen and oxygen atoms in total. The van der Waals surface area contributed by atoms with Gasteiger partial charge in [-0.25, -0.2) is 21.2 Å². The zero-order chi connectivity index (χ0) is 23.3. The summed E-state index contributed by atoms with van der Waals surface area (Å²) in [5.41, 5.74) is 2.29. The molecule has 2 aromatic rings. The zero-order valence-corrected chi connectivity index (χ0v) is 19.8. The summed E-state index contributed by atoms with van der Waals surface area (Å²) in [5, 5.41) is -1.11. The first-order chi connectivity index (χ1) is 15.1. The molecule has 1 fully saturated rings. The molecule has 0 saturated carbocycles. The minimum absolute atomic E-state index is 0.0187. The lowest BCUT2D eigenvalue weighted by atomic mass is 9.97. The summed E-state index contributed by atoms with van der Waals surface area (Å²) in [6.45, 7) is 2.45. The highest BCUT2D eigenvalue weighted by atomic mass is 32.2. The van der Waals surface area contributed by atoms with Crippen molar-refractivity contribution in [1.29, 1.82) is 0 Å². The Kier molecular flexibility index (Phi) is 5.98. The first-order valence-corrected chi connectivity index (χ1v) is 13.6. The molecule has 2 atom stereocenters. The fourth-order valence-electron chi connectivity index (χ4n) is 4.72. The molecule has 0 spiro atoms. The lowest BCUT2D eigenvalue weighted by Gasteiger charge is -2.36. The Morgan fingerprint density at radius 3 is 2.31 bits per heavy atom. The fraction of sp³-hybridized carbons (Fsp3) is 0.455. The molecular formula is C22H26FNO6S2. The number of rotatable bonds is 5. The fourth-order valence-corrected chi connectivity index (χ4v) is 9.77. The van der Waals surface area contributed by atoms with Crippen LogP contribution in [0, 0.1) is 12.7 Å². The molecule has 0 amide bonds. The van der Waals surface area contributed by atoms with Crippen molar-refractivity contribution < 1.29 is 30.7 Å². The third kappa shape index (κ3) is 4.11. The third-order valence-electron chi connectivity index (χ3n) is 6.33. The second-order valence-corrected chi connectivity index (χ2v) is 12.6. The van der Waals surface area contributed by atoms with Gasteiger partial charge in [-0.05, 0) is 60.4 Å². The minimum Gasteiger partial charge on any atom is -0.493 e. The van der Waals surface area contributed by atoms with Crippen molar-refractivity contribution in [2.75, 3.05) is 32.3 Å². The number of methoxy groups -OCH3 is 2. The average Bonchev–Trinajstić information content (AvgIpc) is 3.08. The first kappa shape index (κ1) is 23.0. The summed E-state index contributed by atoms with van der Waals surface area (Å²) in [4.78, 5) is 1.91. The van der Waals surface area contributed by atoms with Gasteiger partial charge in [-0.15, -0.1) is 0 Å². The summed E-state index contributed by atoms with van der Waals surface area (Å²) in [5.74, 6) is -0.00557. The Bertz CT molecular complexity index is 1260. The van der Waals surface area contributed by atoms with Crippen LogP contribution in [0.25, 0.3) is 0 Å². The van der Waals surface area contributed by atoms with E-state index in [0.717, 1.165) is 23.3 Å². The number of aryl methyl sites for hydroxylation is 1. The van der Waals surface area contributed by atoms with E-state index in [0.29, 0.717) is 31.0 Å². The van der Waals surface area contributed by atoms with Gasteiger partial charge in [0.2, 0.25) is 0 Å². The lowest BCUT2D eigenvalue weighted by Crippen LogP contribution is -2.48. The number of fused-ring (bicyclic) bond motifs is 1. The number of nitrogens with zero attached hydrogens (tertiary/aromatic N) is 1. The van der Waals surface area contributed by atoms with Crippen molar-refractivity contribution in [3.8, 4) is 11.5 Å². The monoisotopic (exact) mass is 483 g/mol. The van der Waals surface area contributed by atoms with Crippen molar-refractivity contribution in [2.24, 2.45) is 0 Å². The van der Waals surface area contributed by atoms with Crippen molar-refractivity contribution in [3.05, 3.63) is 52.8 Å². The quantitative estimate of drug-likeness (QED) is 0.602. The maximum Gasteiger partial charge on any atom is 0.184 e. The maximum atomic E-state index is 13.5. The molecule has 2 aromatic carbocycles. The number of ether oxygens (including phenoxy) is 2. The van der Waals surface area contributed by atoms with Crippen LogP contribution in [0.2, 0.25) is 0 Å².